The summed E-state index contributed by atoms with van der Waals surface area (Å²) in [7, 11) is 0. The largest absolute Gasteiger partial charge is 0.417 e. The highest BCUT2D eigenvalue weighted by molar-refractivity contribution is 5.42. The molecular weight excluding hydrogens is 395 g/mol. The fourth-order valence-electron chi connectivity index (χ4n) is 3.59. The van der Waals surface area contributed by atoms with Crippen molar-refractivity contribution in [1.29, 1.82) is 0 Å². The molecule has 0 amide bonds. The predicted octanol–water partition coefficient (Wildman–Crippen LogP) is 3.77. The van der Waals surface area contributed by atoms with Gasteiger partial charge < -0.3 is 10.2 Å². The molecule has 1 aliphatic rings. The number of nitrogens with zero attached hydrogens (tertiary/aromatic N) is 6. The summed E-state index contributed by atoms with van der Waals surface area (Å²) in [6.45, 7) is 5.28. The highest BCUT2D eigenvalue weighted by atomic mass is 19.4. The summed E-state index contributed by atoms with van der Waals surface area (Å²) in [4.78, 5) is 14.9. The van der Waals surface area contributed by atoms with Crippen LogP contribution in [0.3, 0.4) is 0 Å². The number of piperidine rings is 1. The maximum atomic E-state index is 12.7. The van der Waals surface area contributed by atoms with Gasteiger partial charge in [-0.25, -0.2) is 14.6 Å². The molecule has 10 heteroatoms. The van der Waals surface area contributed by atoms with E-state index in [4.69, 9.17) is 0 Å². The van der Waals surface area contributed by atoms with E-state index in [2.05, 4.69) is 25.4 Å². The molecule has 4 heterocycles. The Morgan fingerprint density at radius 3 is 2.40 bits per heavy atom. The maximum Gasteiger partial charge on any atom is 0.417 e. The van der Waals surface area contributed by atoms with Crippen molar-refractivity contribution in [2.24, 2.45) is 0 Å². The van der Waals surface area contributed by atoms with Crippen molar-refractivity contribution >= 4 is 11.6 Å². The lowest BCUT2D eigenvalue weighted by Gasteiger charge is -2.33. The third-order valence-electron chi connectivity index (χ3n) is 5.09. The number of nitrogens with one attached hydrogen (secondary N) is 1. The molecule has 1 N–H and O–H groups in total. The van der Waals surface area contributed by atoms with Gasteiger partial charge in [-0.1, -0.05) is 0 Å². The average Bonchev–Trinajstić information content (AvgIpc) is 3.06. The van der Waals surface area contributed by atoms with Crippen LogP contribution in [-0.2, 0) is 6.18 Å². The molecule has 0 aliphatic carbocycles. The van der Waals surface area contributed by atoms with E-state index in [1.54, 1.807) is 17.1 Å². The quantitative estimate of drug-likeness (QED) is 0.697. The first-order valence-electron chi connectivity index (χ1n) is 9.70. The van der Waals surface area contributed by atoms with Gasteiger partial charge in [-0.2, -0.15) is 18.3 Å². The minimum Gasteiger partial charge on any atom is -0.366 e. The second-order valence-electron chi connectivity index (χ2n) is 7.41. The molecule has 30 heavy (non-hydrogen) atoms. The van der Waals surface area contributed by atoms with Gasteiger partial charge in [-0.05, 0) is 44.9 Å². The number of aryl methyl sites for hydroxylation is 2. The molecule has 3 aromatic rings. The Morgan fingerprint density at radius 2 is 1.80 bits per heavy atom. The zero-order valence-corrected chi connectivity index (χ0v) is 16.7. The maximum absolute atomic E-state index is 12.7. The second kappa shape index (κ2) is 7.92. The van der Waals surface area contributed by atoms with Gasteiger partial charge in [-0.3, -0.25) is 4.98 Å². The summed E-state index contributed by atoms with van der Waals surface area (Å²) in [5.41, 5.74) is 1.16. The first-order chi connectivity index (χ1) is 14.3. The molecule has 0 saturated carbocycles. The second-order valence-corrected chi connectivity index (χ2v) is 7.41. The van der Waals surface area contributed by atoms with E-state index in [-0.39, 0.29) is 6.04 Å². The molecule has 0 bridgehead atoms. The average molecular weight is 417 g/mol. The fraction of sp³-hybridized carbons (Fsp3) is 0.400. The van der Waals surface area contributed by atoms with Crippen molar-refractivity contribution in [3.63, 3.8) is 0 Å². The van der Waals surface area contributed by atoms with Gasteiger partial charge >= 0.3 is 6.18 Å². The molecule has 0 unspecified atom stereocenters. The lowest BCUT2D eigenvalue weighted by atomic mass is 10.1. The molecule has 0 spiro atoms. The van der Waals surface area contributed by atoms with Crippen molar-refractivity contribution < 1.29 is 13.2 Å². The predicted molar refractivity (Wildman–Crippen MR) is 107 cm³/mol. The van der Waals surface area contributed by atoms with Crippen molar-refractivity contribution in [3.8, 4) is 5.82 Å². The molecule has 0 radical (unpaired) electrons. The Bertz CT molecular complexity index is 1010. The minimum atomic E-state index is -4.37. The van der Waals surface area contributed by atoms with Crippen LogP contribution in [0.15, 0.2) is 36.8 Å². The van der Waals surface area contributed by atoms with Crippen LogP contribution in [0.25, 0.3) is 5.82 Å². The summed E-state index contributed by atoms with van der Waals surface area (Å²) >= 11 is 0. The summed E-state index contributed by atoms with van der Waals surface area (Å²) < 4.78 is 39.9. The van der Waals surface area contributed by atoms with Gasteiger partial charge in [0.25, 0.3) is 0 Å². The van der Waals surface area contributed by atoms with Crippen LogP contribution < -0.4 is 10.2 Å². The number of halogens is 3. The number of alkyl halides is 3. The zero-order valence-electron chi connectivity index (χ0n) is 16.7. The molecule has 0 aromatic carbocycles. The third-order valence-corrected chi connectivity index (χ3v) is 5.09. The van der Waals surface area contributed by atoms with Gasteiger partial charge in [0.1, 0.15) is 11.6 Å². The number of aromatic nitrogens is 5. The summed E-state index contributed by atoms with van der Waals surface area (Å²) in [6.07, 6.45) is 1.50. The molecule has 3 aromatic heterocycles. The number of hydrogen-bond donors (Lipinski definition) is 1. The monoisotopic (exact) mass is 417 g/mol. The highest BCUT2D eigenvalue weighted by Crippen LogP contribution is 2.30. The highest BCUT2D eigenvalue weighted by Gasteiger charge is 2.31. The van der Waals surface area contributed by atoms with Crippen LogP contribution >= 0.6 is 0 Å². The SMILES string of the molecule is Cc1cc(C)n(-c2cncc(NC3CCN(c4ccc(C(F)(F)F)cn4)CC3)n2)n1. The van der Waals surface area contributed by atoms with Gasteiger partial charge in [0.05, 0.1) is 23.7 Å². The molecular formula is C20H22F3N7. The van der Waals surface area contributed by atoms with Gasteiger partial charge in [0.2, 0.25) is 0 Å². The number of pyridine rings is 1. The van der Waals surface area contributed by atoms with Crippen LogP contribution in [-0.4, -0.2) is 43.9 Å². The first-order valence-corrected chi connectivity index (χ1v) is 9.70. The van der Waals surface area contributed by atoms with Crippen LogP contribution in [0.4, 0.5) is 24.8 Å². The van der Waals surface area contributed by atoms with Crippen molar-refractivity contribution in [2.45, 2.75) is 38.9 Å². The molecule has 1 fully saturated rings. The van der Waals surface area contributed by atoms with Crippen LogP contribution in [0.1, 0.15) is 29.8 Å². The van der Waals surface area contributed by atoms with E-state index in [9.17, 15) is 13.2 Å². The Morgan fingerprint density at radius 1 is 1.03 bits per heavy atom. The smallest absolute Gasteiger partial charge is 0.366 e. The number of rotatable bonds is 4. The van der Waals surface area contributed by atoms with Gasteiger partial charge in [0, 0.05) is 31.0 Å². The summed E-state index contributed by atoms with van der Waals surface area (Å²) in [5.74, 6) is 1.89. The van der Waals surface area contributed by atoms with E-state index in [0.717, 1.165) is 36.5 Å². The van der Waals surface area contributed by atoms with Crippen LogP contribution in [0, 0.1) is 13.8 Å². The van der Waals surface area contributed by atoms with E-state index in [1.165, 1.54) is 6.07 Å². The summed E-state index contributed by atoms with van der Waals surface area (Å²) in [5, 5.41) is 7.84. The molecule has 7 nitrogen and oxygen atoms in total. The topological polar surface area (TPSA) is 71.8 Å². The Balaban J connectivity index is 1.37. The summed E-state index contributed by atoms with van der Waals surface area (Å²) in [6, 6.07) is 4.68. The van der Waals surface area contributed by atoms with Crippen LogP contribution in [0.2, 0.25) is 0 Å². The third kappa shape index (κ3) is 4.37. The standard InChI is InChI=1S/C20H22F3N7/c1-13-9-14(2)30(28-13)19-12-24-11-17(27-19)26-16-5-7-29(8-6-16)18-4-3-15(10-25-18)20(21,22)23/h3-4,9-12,16H,5-8H2,1-2H3,(H,26,27). The van der Waals surface area contributed by atoms with E-state index >= 15 is 0 Å². The van der Waals surface area contributed by atoms with E-state index < -0.39 is 11.7 Å². The van der Waals surface area contributed by atoms with E-state index in [1.807, 2.05) is 24.8 Å². The lowest BCUT2D eigenvalue weighted by Crippen LogP contribution is -2.39. The molecule has 158 valence electrons. The van der Waals surface area contributed by atoms with Crippen molar-refractivity contribution in [2.75, 3.05) is 23.3 Å². The Hall–Kier alpha value is -3.17. The molecule has 1 saturated heterocycles. The van der Waals surface area contributed by atoms with Gasteiger partial charge in [0.15, 0.2) is 5.82 Å². The van der Waals surface area contributed by atoms with E-state index in [0.29, 0.717) is 30.5 Å². The molecule has 4 rings (SSSR count). The minimum absolute atomic E-state index is 0.195. The lowest BCUT2D eigenvalue weighted by molar-refractivity contribution is -0.137. The fourth-order valence-corrected chi connectivity index (χ4v) is 3.59. The van der Waals surface area contributed by atoms with Crippen molar-refractivity contribution in [1.82, 2.24) is 24.7 Å². The Kier molecular flexibility index (Phi) is 5.31. The zero-order chi connectivity index (χ0) is 21.3. The first kappa shape index (κ1) is 20.1. The van der Waals surface area contributed by atoms with Crippen LogP contribution in [0.5, 0.6) is 0 Å². The Labute approximate surface area is 172 Å². The molecule has 0 atom stereocenters. The number of anilines is 2. The van der Waals surface area contributed by atoms with Gasteiger partial charge in [-0.15, -0.1) is 0 Å². The molecule has 1 aliphatic heterocycles. The number of hydrogen-bond acceptors (Lipinski definition) is 6. The normalized spacial score (nSPS) is 15.4. The van der Waals surface area contributed by atoms with Crippen molar-refractivity contribution in [3.05, 3.63) is 53.7 Å².